The van der Waals surface area contributed by atoms with E-state index in [2.05, 4.69) is 17.3 Å². The van der Waals surface area contributed by atoms with Crippen molar-refractivity contribution in [2.75, 3.05) is 18.4 Å². The molecule has 1 saturated heterocycles. The summed E-state index contributed by atoms with van der Waals surface area (Å²) < 4.78 is 1.80. The van der Waals surface area contributed by atoms with E-state index in [4.69, 9.17) is 0 Å². The van der Waals surface area contributed by atoms with E-state index in [1.54, 1.807) is 9.58 Å². The van der Waals surface area contributed by atoms with Crippen LogP contribution in [0.1, 0.15) is 36.9 Å². The summed E-state index contributed by atoms with van der Waals surface area (Å²) in [6.45, 7) is 5.38. The van der Waals surface area contributed by atoms with Gasteiger partial charge in [-0.1, -0.05) is 37.3 Å². The smallest absolute Gasteiger partial charge is 0.245 e. The fraction of sp³-hybridized carbons (Fsp3) is 0.421. The second kappa shape index (κ2) is 7.51. The van der Waals surface area contributed by atoms with Gasteiger partial charge in [0.25, 0.3) is 0 Å². The van der Waals surface area contributed by atoms with Gasteiger partial charge >= 0.3 is 0 Å². The van der Waals surface area contributed by atoms with Crippen LogP contribution in [0.25, 0.3) is 0 Å². The summed E-state index contributed by atoms with van der Waals surface area (Å²) in [5.41, 5.74) is 2.01. The molecule has 6 heteroatoms. The Morgan fingerprint density at radius 1 is 1.32 bits per heavy atom. The molecular weight excluding hydrogens is 316 g/mol. The van der Waals surface area contributed by atoms with E-state index in [0.29, 0.717) is 18.8 Å². The largest absolute Gasteiger partial charge is 0.333 e. The molecule has 1 aromatic heterocycles. The van der Waals surface area contributed by atoms with Crippen LogP contribution >= 0.6 is 0 Å². The number of carbonyl (C=O) groups excluding carboxylic acids is 2. The fourth-order valence-electron chi connectivity index (χ4n) is 3.26. The maximum atomic E-state index is 12.4. The van der Waals surface area contributed by atoms with Crippen molar-refractivity contribution in [2.24, 2.45) is 0 Å². The van der Waals surface area contributed by atoms with Gasteiger partial charge in [-0.05, 0) is 18.9 Å². The molecule has 1 aromatic carbocycles. The molecule has 1 atom stereocenters. The molecule has 1 aliphatic heterocycles. The summed E-state index contributed by atoms with van der Waals surface area (Å²) in [7, 11) is 0. The zero-order chi connectivity index (χ0) is 17.8. The molecule has 1 N–H and O–H groups in total. The lowest BCUT2D eigenvalue weighted by Crippen LogP contribution is -2.34. The molecule has 132 valence electrons. The number of nitrogens with zero attached hydrogens (tertiary/aromatic N) is 3. The molecule has 3 rings (SSSR count). The molecule has 0 radical (unpaired) electrons. The third-order valence-corrected chi connectivity index (χ3v) is 4.42. The van der Waals surface area contributed by atoms with E-state index in [0.717, 1.165) is 24.2 Å². The molecule has 1 unspecified atom stereocenters. The molecule has 1 fully saturated rings. The third-order valence-electron chi connectivity index (χ3n) is 4.42. The summed E-state index contributed by atoms with van der Waals surface area (Å²) in [6.07, 6.45) is 1.40. The Morgan fingerprint density at radius 2 is 2.08 bits per heavy atom. The van der Waals surface area contributed by atoms with Crippen LogP contribution in [0.15, 0.2) is 36.4 Å². The van der Waals surface area contributed by atoms with E-state index >= 15 is 0 Å². The second-order valence-corrected chi connectivity index (χ2v) is 6.53. The van der Waals surface area contributed by atoms with Gasteiger partial charge in [0, 0.05) is 31.5 Å². The molecule has 1 aliphatic rings. The van der Waals surface area contributed by atoms with E-state index in [1.165, 1.54) is 0 Å². The molecule has 0 spiro atoms. The third kappa shape index (κ3) is 4.07. The minimum absolute atomic E-state index is 0.0299. The van der Waals surface area contributed by atoms with Gasteiger partial charge in [-0.2, -0.15) is 5.10 Å². The van der Waals surface area contributed by atoms with E-state index in [1.807, 2.05) is 43.3 Å². The van der Waals surface area contributed by atoms with Crippen LogP contribution in [-0.2, 0) is 16.1 Å². The van der Waals surface area contributed by atoms with Crippen LogP contribution in [0.5, 0.6) is 0 Å². The quantitative estimate of drug-likeness (QED) is 0.879. The first-order chi connectivity index (χ1) is 12.1. The van der Waals surface area contributed by atoms with Gasteiger partial charge < -0.3 is 10.2 Å². The topological polar surface area (TPSA) is 67.2 Å². The SMILES string of the molecule is CCCn1nc(C)cc1NC(=O)CN1CC(c2ccccc2)CC1=O. The molecule has 6 nitrogen and oxygen atoms in total. The van der Waals surface area contributed by atoms with Gasteiger partial charge in [-0.3, -0.25) is 9.59 Å². The average Bonchev–Trinajstić information content (AvgIpc) is 3.12. The maximum Gasteiger partial charge on any atom is 0.245 e. The Bertz CT molecular complexity index is 754. The number of rotatable bonds is 6. The molecule has 0 saturated carbocycles. The van der Waals surface area contributed by atoms with Crippen LogP contribution in [0.2, 0.25) is 0 Å². The van der Waals surface area contributed by atoms with E-state index < -0.39 is 0 Å². The number of benzene rings is 1. The van der Waals surface area contributed by atoms with Crippen molar-refractivity contribution in [3.8, 4) is 0 Å². The fourth-order valence-corrected chi connectivity index (χ4v) is 3.26. The van der Waals surface area contributed by atoms with Gasteiger partial charge in [0.1, 0.15) is 5.82 Å². The first-order valence-corrected chi connectivity index (χ1v) is 8.74. The van der Waals surface area contributed by atoms with Crippen molar-refractivity contribution in [3.05, 3.63) is 47.7 Å². The molecular formula is C19H24N4O2. The number of amides is 2. The Balaban J connectivity index is 1.61. The molecule has 25 heavy (non-hydrogen) atoms. The van der Waals surface area contributed by atoms with Crippen LogP contribution < -0.4 is 5.32 Å². The van der Waals surface area contributed by atoms with Gasteiger partial charge in [0.05, 0.1) is 12.2 Å². The number of aromatic nitrogens is 2. The van der Waals surface area contributed by atoms with Crippen molar-refractivity contribution >= 4 is 17.6 Å². The van der Waals surface area contributed by atoms with Crippen LogP contribution in [0, 0.1) is 6.92 Å². The van der Waals surface area contributed by atoms with Crippen molar-refractivity contribution in [1.82, 2.24) is 14.7 Å². The van der Waals surface area contributed by atoms with E-state index in [-0.39, 0.29) is 24.3 Å². The van der Waals surface area contributed by atoms with Crippen molar-refractivity contribution in [2.45, 2.75) is 39.2 Å². The second-order valence-electron chi connectivity index (χ2n) is 6.53. The summed E-state index contributed by atoms with van der Waals surface area (Å²) in [5, 5.41) is 7.26. The highest BCUT2D eigenvalue weighted by molar-refractivity contribution is 5.94. The highest BCUT2D eigenvalue weighted by atomic mass is 16.2. The number of hydrogen-bond acceptors (Lipinski definition) is 3. The van der Waals surface area contributed by atoms with Gasteiger partial charge in [-0.15, -0.1) is 0 Å². The Morgan fingerprint density at radius 3 is 2.80 bits per heavy atom. The van der Waals surface area contributed by atoms with Gasteiger partial charge in [-0.25, -0.2) is 4.68 Å². The van der Waals surface area contributed by atoms with Gasteiger partial charge in [0.15, 0.2) is 0 Å². The summed E-state index contributed by atoms with van der Waals surface area (Å²) >= 11 is 0. The Hall–Kier alpha value is -2.63. The van der Waals surface area contributed by atoms with Gasteiger partial charge in [0.2, 0.25) is 11.8 Å². The van der Waals surface area contributed by atoms with Crippen LogP contribution in [0.3, 0.4) is 0 Å². The lowest BCUT2D eigenvalue weighted by molar-refractivity contribution is -0.131. The normalized spacial score (nSPS) is 17.1. The number of aryl methyl sites for hydroxylation is 2. The summed E-state index contributed by atoms with van der Waals surface area (Å²) in [4.78, 5) is 26.3. The zero-order valence-corrected chi connectivity index (χ0v) is 14.7. The number of likely N-dealkylation sites (tertiary alicyclic amines) is 1. The monoisotopic (exact) mass is 340 g/mol. The lowest BCUT2D eigenvalue weighted by atomic mass is 9.99. The highest BCUT2D eigenvalue weighted by Gasteiger charge is 2.31. The molecule has 2 heterocycles. The lowest BCUT2D eigenvalue weighted by Gasteiger charge is -2.16. The van der Waals surface area contributed by atoms with Crippen molar-refractivity contribution < 1.29 is 9.59 Å². The van der Waals surface area contributed by atoms with Crippen LogP contribution in [0.4, 0.5) is 5.82 Å². The molecule has 2 aromatic rings. The summed E-state index contributed by atoms with van der Waals surface area (Å²) in [5.74, 6) is 0.700. The predicted molar refractivity (Wildman–Crippen MR) is 96.3 cm³/mol. The number of nitrogens with one attached hydrogen (secondary N) is 1. The standard InChI is InChI=1S/C19H24N4O2/c1-3-9-23-17(10-14(2)21-23)20-18(24)13-22-12-16(11-19(22)25)15-7-5-4-6-8-15/h4-8,10,16H,3,9,11-13H2,1-2H3,(H,20,24). The number of hydrogen-bond donors (Lipinski definition) is 1. The molecule has 0 bridgehead atoms. The Kier molecular flexibility index (Phi) is 5.16. The maximum absolute atomic E-state index is 12.4. The highest BCUT2D eigenvalue weighted by Crippen LogP contribution is 2.27. The average molecular weight is 340 g/mol. The number of carbonyl (C=O) groups is 2. The van der Waals surface area contributed by atoms with Crippen LogP contribution in [-0.4, -0.2) is 39.6 Å². The summed E-state index contributed by atoms with van der Waals surface area (Å²) in [6, 6.07) is 11.8. The Labute approximate surface area is 147 Å². The molecule has 2 amide bonds. The first kappa shape index (κ1) is 17.2. The zero-order valence-electron chi connectivity index (χ0n) is 14.7. The van der Waals surface area contributed by atoms with Crippen molar-refractivity contribution in [1.29, 1.82) is 0 Å². The number of anilines is 1. The molecule has 0 aliphatic carbocycles. The minimum atomic E-state index is -0.181. The minimum Gasteiger partial charge on any atom is -0.333 e. The van der Waals surface area contributed by atoms with E-state index in [9.17, 15) is 9.59 Å². The predicted octanol–water partition coefficient (Wildman–Crippen LogP) is 2.56. The first-order valence-electron chi connectivity index (χ1n) is 8.74. The van der Waals surface area contributed by atoms with Crippen molar-refractivity contribution in [3.63, 3.8) is 0 Å².